The Balaban J connectivity index is 1.56. The summed E-state index contributed by atoms with van der Waals surface area (Å²) in [6, 6.07) is 9.66. The Morgan fingerprint density at radius 2 is 1.89 bits per heavy atom. The molecule has 0 aliphatic rings. The summed E-state index contributed by atoms with van der Waals surface area (Å²) < 4.78 is 5.32. The zero-order chi connectivity index (χ0) is 19.2. The van der Waals surface area contributed by atoms with Crippen LogP contribution in [-0.4, -0.2) is 34.5 Å². The molecule has 140 valence electrons. The molecule has 0 radical (unpaired) electrons. The van der Waals surface area contributed by atoms with Gasteiger partial charge in [0.05, 0.1) is 7.11 Å². The van der Waals surface area contributed by atoms with E-state index in [-0.39, 0.29) is 5.91 Å². The van der Waals surface area contributed by atoms with Crippen molar-refractivity contribution in [2.24, 2.45) is 0 Å². The van der Waals surface area contributed by atoms with Crippen LogP contribution in [0.3, 0.4) is 0 Å². The average Bonchev–Trinajstić information content (AvgIpc) is 3.09. The second kappa shape index (κ2) is 8.59. The predicted molar refractivity (Wildman–Crippen MR) is 106 cm³/mol. The van der Waals surface area contributed by atoms with Gasteiger partial charge in [-0.25, -0.2) is 15.0 Å². The van der Waals surface area contributed by atoms with E-state index in [0.29, 0.717) is 29.7 Å². The number of carbonyl (C=O) groups is 1. The maximum absolute atomic E-state index is 12.3. The van der Waals surface area contributed by atoms with Crippen molar-refractivity contribution in [1.29, 1.82) is 0 Å². The number of aromatic nitrogens is 3. The predicted octanol–water partition coefficient (Wildman–Crippen LogP) is 3.27. The molecule has 1 aromatic carbocycles. The van der Waals surface area contributed by atoms with E-state index in [2.05, 4.69) is 25.6 Å². The molecule has 0 bridgehead atoms. The van der Waals surface area contributed by atoms with Gasteiger partial charge in [-0.1, -0.05) is 18.2 Å². The van der Waals surface area contributed by atoms with Crippen LogP contribution in [0, 0.1) is 13.8 Å². The van der Waals surface area contributed by atoms with Crippen LogP contribution in [-0.2, 0) is 6.42 Å². The molecule has 8 heteroatoms. The molecule has 0 fully saturated rings. The number of nitrogens with one attached hydrogen (secondary N) is 2. The molecule has 0 spiro atoms. The summed E-state index contributed by atoms with van der Waals surface area (Å²) in [5.74, 6) is 1.08. The third kappa shape index (κ3) is 5.01. The van der Waals surface area contributed by atoms with Gasteiger partial charge in [-0.3, -0.25) is 4.79 Å². The van der Waals surface area contributed by atoms with Gasteiger partial charge in [-0.2, -0.15) is 0 Å². The van der Waals surface area contributed by atoms with Crippen molar-refractivity contribution in [2.75, 3.05) is 19.0 Å². The van der Waals surface area contributed by atoms with Crippen molar-refractivity contribution in [1.82, 2.24) is 20.3 Å². The molecular weight excluding hydrogens is 362 g/mol. The van der Waals surface area contributed by atoms with Gasteiger partial charge in [0.1, 0.15) is 11.4 Å². The van der Waals surface area contributed by atoms with E-state index in [1.54, 1.807) is 12.5 Å². The van der Waals surface area contributed by atoms with E-state index in [0.717, 1.165) is 22.7 Å². The summed E-state index contributed by atoms with van der Waals surface area (Å²) in [5, 5.41) is 8.22. The first-order chi connectivity index (χ1) is 13.0. The first-order valence-electron chi connectivity index (χ1n) is 8.50. The van der Waals surface area contributed by atoms with Crippen LogP contribution in [0.5, 0.6) is 5.75 Å². The number of aryl methyl sites for hydroxylation is 2. The summed E-state index contributed by atoms with van der Waals surface area (Å²) in [6.07, 6.45) is 0.682. The Hall–Kier alpha value is -3.00. The van der Waals surface area contributed by atoms with Crippen LogP contribution in [0.1, 0.15) is 27.4 Å². The third-order valence-electron chi connectivity index (χ3n) is 3.81. The van der Waals surface area contributed by atoms with Gasteiger partial charge in [0, 0.05) is 23.3 Å². The number of anilines is 2. The van der Waals surface area contributed by atoms with Crippen LogP contribution in [0.4, 0.5) is 11.1 Å². The van der Waals surface area contributed by atoms with Crippen LogP contribution < -0.4 is 15.4 Å². The lowest BCUT2D eigenvalue weighted by Crippen LogP contribution is -2.26. The quantitative estimate of drug-likeness (QED) is 0.651. The number of nitrogens with zero attached hydrogens (tertiary/aromatic N) is 3. The number of rotatable bonds is 7. The first-order valence-corrected chi connectivity index (χ1v) is 9.38. The molecule has 2 N–H and O–H groups in total. The molecule has 0 saturated heterocycles. The van der Waals surface area contributed by atoms with Crippen molar-refractivity contribution in [3.8, 4) is 5.75 Å². The zero-order valence-electron chi connectivity index (χ0n) is 15.4. The molecule has 0 aliphatic carbocycles. The van der Waals surface area contributed by atoms with Gasteiger partial charge in [0.2, 0.25) is 5.95 Å². The molecular formula is C19H21N5O2S. The van der Waals surface area contributed by atoms with Gasteiger partial charge in [-0.05, 0) is 38.0 Å². The fourth-order valence-electron chi connectivity index (χ4n) is 2.62. The lowest BCUT2D eigenvalue weighted by Gasteiger charge is -2.08. The maximum Gasteiger partial charge on any atom is 0.270 e. The molecule has 2 aromatic heterocycles. The van der Waals surface area contributed by atoms with Crippen molar-refractivity contribution >= 4 is 28.3 Å². The van der Waals surface area contributed by atoms with Crippen LogP contribution in [0.2, 0.25) is 0 Å². The Labute approximate surface area is 161 Å². The van der Waals surface area contributed by atoms with Crippen LogP contribution >= 0.6 is 11.3 Å². The standard InChI is InChI=1S/C19H21N5O2S/c1-12-10-13(2)22-18(21-12)24-19-23-15(11-27-19)17(25)20-9-8-14-6-4-5-7-16(14)26-3/h4-7,10-11H,8-9H2,1-3H3,(H,20,25)(H,21,22,23,24). The van der Waals surface area contributed by atoms with E-state index in [1.165, 1.54) is 11.3 Å². The molecule has 0 aliphatic heterocycles. The Morgan fingerprint density at radius 3 is 2.63 bits per heavy atom. The second-order valence-electron chi connectivity index (χ2n) is 5.95. The molecule has 7 nitrogen and oxygen atoms in total. The molecule has 3 aromatic rings. The Bertz CT molecular complexity index is 921. The Kier molecular flexibility index (Phi) is 5.97. The topological polar surface area (TPSA) is 89.0 Å². The highest BCUT2D eigenvalue weighted by molar-refractivity contribution is 7.14. The fourth-order valence-corrected chi connectivity index (χ4v) is 3.31. The van der Waals surface area contributed by atoms with Gasteiger partial charge in [0.15, 0.2) is 5.13 Å². The monoisotopic (exact) mass is 383 g/mol. The number of thiazole rings is 1. The minimum Gasteiger partial charge on any atom is -0.496 e. The highest BCUT2D eigenvalue weighted by atomic mass is 32.1. The van der Waals surface area contributed by atoms with Crippen molar-refractivity contribution in [2.45, 2.75) is 20.3 Å². The van der Waals surface area contributed by atoms with Gasteiger partial charge in [-0.15, -0.1) is 11.3 Å². The molecule has 0 atom stereocenters. The molecule has 27 heavy (non-hydrogen) atoms. The van der Waals surface area contributed by atoms with E-state index < -0.39 is 0 Å². The Morgan fingerprint density at radius 1 is 1.15 bits per heavy atom. The number of hydrogen-bond donors (Lipinski definition) is 2. The number of para-hydroxylation sites is 1. The zero-order valence-corrected chi connectivity index (χ0v) is 16.3. The van der Waals surface area contributed by atoms with E-state index in [1.807, 2.05) is 44.2 Å². The number of ether oxygens (including phenoxy) is 1. The average molecular weight is 383 g/mol. The molecule has 0 saturated carbocycles. The van der Waals surface area contributed by atoms with E-state index >= 15 is 0 Å². The number of carbonyl (C=O) groups excluding carboxylic acids is 1. The second-order valence-corrected chi connectivity index (χ2v) is 6.81. The van der Waals surface area contributed by atoms with Crippen molar-refractivity contribution < 1.29 is 9.53 Å². The van der Waals surface area contributed by atoms with Gasteiger partial charge < -0.3 is 15.4 Å². The lowest BCUT2D eigenvalue weighted by molar-refractivity contribution is 0.0950. The number of hydrogen-bond acceptors (Lipinski definition) is 7. The van der Waals surface area contributed by atoms with Gasteiger partial charge in [0.25, 0.3) is 5.91 Å². The van der Waals surface area contributed by atoms with E-state index in [4.69, 9.17) is 4.74 Å². The van der Waals surface area contributed by atoms with Gasteiger partial charge >= 0.3 is 0 Å². The molecule has 0 unspecified atom stereocenters. The molecule has 1 amide bonds. The largest absolute Gasteiger partial charge is 0.496 e. The summed E-state index contributed by atoms with van der Waals surface area (Å²) in [5.41, 5.74) is 3.16. The molecule has 2 heterocycles. The van der Waals surface area contributed by atoms with E-state index in [9.17, 15) is 4.79 Å². The SMILES string of the molecule is COc1ccccc1CCNC(=O)c1csc(Nc2nc(C)cc(C)n2)n1. The normalized spacial score (nSPS) is 10.5. The number of amides is 1. The highest BCUT2D eigenvalue weighted by Gasteiger charge is 2.12. The summed E-state index contributed by atoms with van der Waals surface area (Å²) in [6.45, 7) is 4.31. The lowest BCUT2D eigenvalue weighted by atomic mass is 10.1. The minimum atomic E-state index is -0.212. The van der Waals surface area contributed by atoms with Crippen molar-refractivity contribution in [3.05, 3.63) is 58.4 Å². The maximum atomic E-state index is 12.3. The number of benzene rings is 1. The smallest absolute Gasteiger partial charge is 0.270 e. The number of methoxy groups -OCH3 is 1. The fraction of sp³-hybridized carbons (Fsp3) is 0.263. The first kappa shape index (κ1) is 18.8. The summed E-state index contributed by atoms with van der Waals surface area (Å²) >= 11 is 1.34. The van der Waals surface area contributed by atoms with Crippen LogP contribution in [0.15, 0.2) is 35.7 Å². The molecule has 3 rings (SSSR count). The highest BCUT2D eigenvalue weighted by Crippen LogP contribution is 2.20. The third-order valence-corrected chi connectivity index (χ3v) is 4.57. The van der Waals surface area contributed by atoms with Crippen molar-refractivity contribution in [3.63, 3.8) is 0 Å². The summed E-state index contributed by atoms with van der Waals surface area (Å²) in [4.78, 5) is 25.3. The minimum absolute atomic E-state index is 0.212. The summed E-state index contributed by atoms with van der Waals surface area (Å²) in [7, 11) is 1.64. The van der Waals surface area contributed by atoms with Crippen LogP contribution in [0.25, 0.3) is 0 Å².